The van der Waals surface area contributed by atoms with Gasteiger partial charge in [-0.1, -0.05) is 19.1 Å². The Hall–Kier alpha value is -1.11. The maximum atomic E-state index is 12.3. The molecule has 0 spiro atoms. The minimum Gasteiger partial charge on any atom is -0.378 e. The van der Waals surface area contributed by atoms with Crippen LogP contribution in [0, 0.1) is 0 Å². The second-order valence-electron chi connectivity index (χ2n) is 5.52. The third-order valence-electron chi connectivity index (χ3n) is 3.23. The second kappa shape index (κ2) is 6.56. The molecule has 114 valence electrons. The van der Waals surface area contributed by atoms with Crippen LogP contribution in [0.2, 0.25) is 0 Å². The molecule has 1 rings (SSSR count). The van der Waals surface area contributed by atoms with Crippen LogP contribution in [0.4, 0.5) is 5.69 Å². The lowest BCUT2D eigenvalue weighted by molar-refractivity contribution is 0.504. The van der Waals surface area contributed by atoms with Crippen molar-refractivity contribution in [2.24, 2.45) is 5.73 Å². The smallest absolute Gasteiger partial charge is 0.242 e. The molecule has 1 atom stereocenters. The molecule has 0 heterocycles. The van der Waals surface area contributed by atoms with Gasteiger partial charge in [-0.3, -0.25) is 0 Å². The van der Waals surface area contributed by atoms with Crippen molar-refractivity contribution < 1.29 is 8.42 Å². The molecule has 0 saturated carbocycles. The third-order valence-corrected chi connectivity index (χ3v) is 4.95. The van der Waals surface area contributed by atoms with Gasteiger partial charge in [0.15, 0.2) is 0 Å². The predicted octanol–water partition coefficient (Wildman–Crippen LogP) is 1.91. The molecule has 1 aromatic carbocycles. The van der Waals surface area contributed by atoms with Gasteiger partial charge >= 0.3 is 0 Å². The average Bonchev–Trinajstić information content (AvgIpc) is 2.37. The van der Waals surface area contributed by atoms with Crippen LogP contribution in [0.3, 0.4) is 0 Å². The molecule has 4 N–H and O–H groups in total. The molecule has 6 heteroatoms. The fourth-order valence-corrected chi connectivity index (χ4v) is 3.20. The van der Waals surface area contributed by atoms with Crippen LogP contribution in [0.25, 0.3) is 0 Å². The summed E-state index contributed by atoms with van der Waals surface area (Å²) in [6.45, 7) is 8.01. The highest BCUT2D eigenvalue weighted by atomic mass is 32.2. The standard InChI is InChI=1S/C14H25N3O2S/c1-5-14(4,10-15)16-12-8-6-7-9-13(12)20(18,19)17-11(2)3/h6-9,11,16-17H,5,10,15H2,1-4H3. The van der Waals surface area contributed by atoms with Gasteiger partial charge < -0.3 is 11.1 Å². The molecular formula is C14H25N3O2S. The molecule has 0 bridgehead atoms. The van der Waals surface area contributed by atoms with Crippen LogP contribution < -0.4 is 15.8 Å². The maximum absolute atomic E-state index is 12.3. The van der Waals surface area contributed by atoms with Gasteiger partial charge in [0, 0.05) is 18.1 Å². The number of nitrogens with two attached hydrogens (primary N) is 1. The Morgan fingerprint density at radius 3 is 2.40 bits per heavy atom. The molecule has 0 saturated heterocycles. The van der Waals surface area contributed by atoms with E-state index in [1.807, 2.05) is 19.9 Å². The van der Waals surface area contributed by atoms with Crippen LogP contribution in [0.1, 0.15) is 34.1 Å². The Kier molecular flexibility index (Phi) is 5.56. The van der Waals surface area contributed by atoms with E-state index in [4.69, 9.17) is 5.73 Å². The van der Waals surface area contributed by atoms with Crippen molar-refractivity contribution in [3.63, 3.8) is 0 Å². The molecule has 0 aliphatic heterocycles. The van der Waals surface area contributed by atoms with Crippen molar-refractivity contribution in [1.29, 1.82) is 0 Å². The summed E-state index contributed by atoms with van der Waals surface area (Å²) >= 11 is 0. The molecule has 0 aliphatic rings. The number of hydrogen-bond acceptors (Lipinski definition) is 4. The number of benzene rings is 1. The first kappa shape index (κ1) is 16.9. The molecule has 0 amide bonds. The van der Waals surface area contributed by atoms with Gasteiger partial charge in [-0.2, -0.15) is 0 Å². The van der Waals surface area contributed by atoms with Gasteiger partial charge in [0.1, 0.15) is 4.90 Å². The first-order valence-corrected chi connectivity index (χ1v) is 8.32. The summed E-state index contributed by atoms with van der Waals surface area (Å²) in [6, 6.07) is 6.73. The zero-order valence-electron chi connectivity index (χ0n) is 12.6. The Bertz CT molecular complexity index is 537. The van der Waals surface area contributed by atoms with E-state index >= 15 is 0 Å². The van der Waals surface area contributed by atoms with Gasteiger partial charge in [0.05, 0.1) is 5.69 Å². The normalized spacial score (nSPS) is 15.1. The Morgan fingerprint density at radius 2 is 1.90 bits per heavy atom. The number of para-hydroxylation sites is 1. The number of nitrogens with one attached hydrogen (secondary N) is 2. The van der Waals surface area contributed by atoms with Crippen molar-refractivity contribution in [3.8, 4) is 0 Å². The molecule has 0 aromatic heterocycles. The van der Waals surface area contributed by atoms with Crippen molar-refractivity contribution in [2.75, 3.05) is 11.9 Å². The largest absolute Gasteiger partial charge is 0.378 e. The molecular weight excluding hydrogens is 274 g/mol. The van der Waals surface area contributed by atoms with Crippen molar-refractivity contribution in [2.45, 2.75) is 50.6 Å². The highest BCUT2D eigenvalue weighted by Crippen LogP contribution is 2.25. The fraction of sp³-hybridized carbons (Fsp3) is 0.571. The van der Waals surface area contributed by atoms with Gasteiger partial charge in [-0.25, -0.2) is 13.1 Å². The Labute approximate surface area is 122 Å². The van der Waals surface area contributed by atoms with E-state index in [-0.39, 0.29) is 16.5 Å². The summed E-state index contributed by atoms with van der Waals surface area (Å²) in [6.07, 6.45) is 0.801. The number of hydrogen-bond donors (Lipinski definition) is 3. The summed E-state index contributed by atoms with van der Waals surface area (Å²) < 4.78 is 27.3. The number of anilines is 1. The molecule has 0 fully saturated rings. The molecule has 0 aliphatic carbocycles. The minimum atomic E-state index is -3.53. The molecule has 1 unspecified atom stereocenters. The molecule has 0 radical (unpaired) electrons. The first-order valence-electron chi connectivity index (χ1n) is 6.83. The lowest BCUT2D eigenvalue weighted by Gasteiger charge is -2.30. The highest BCUT2D eigenvalue weighted by Gasteiger charge is 2.24. The molecule has 1 aromatic rings. The number of sulfonamides is 1. The maximum Gasteiger partial charge on any atom is 0.242 e. The summed E-state index contributed by atoms with van der Waals surface area (Å²) in [5.74, 6) is 0. The highest BCUT2D eigenvalue weighted by molar-refractivity contribution is 7.89. The topological polar surface area (TPSA) is 84.2 Å². The van der Waals surface area contributed by atoms with Crippen LogP contribution in [-0.4, -0.2) is 26.5 Å². The van der Waals surface area contributed by atoms with Gasteiger partial charge in [-0.05, 0) is 39.3 Å². The number of rotatable bonds is 7. The van der Waals surface area contributed by atoms with Crippen LogP contribution in [0.5, 0.6) is 0 Å². The van der Waals surface area contributed by atoms with Crippen LogP contribution in [0.15, 0.2) is 29.2 Å². The monoisotopic (exact) mass is 299 g/mol. The fourth-order valence-electron chi connectivity index (χ4n) is 1.79. The van der Waals surface area contributed by atoms with E-state index in [9.17, 15) is 8.42 Å². The van der Waals surface area contributed by atoms with Crippen molar-refractivity contribution in [3.05, 3.63) is 24.3 Å². The summed E-state index contributed by atoms with van der Waals surface area (Å²) in [5.41, 5.74) is 6.03. The molecule has 5 nitrogen and oxygen atoms in total. The van der Waals surface area contributed by atoms with E-state index in [1.54, 1.807) is 32.0 Å². The zero-order valence-corrected chi connectivity index (χ0v) is 13.4. The Balaban J connectivity index is 3.18. The van der Waals surface area contributed by atoms with E-state index in [0.717, 1.165) is 6.42 Å². The first-order chi connectivity index (χ1) is 9.24. The van der Waals surface area contributed by atoms with E-state index in [1.165, 1.54) is 0 Å². The quantitative estimate of drug-likeness (QED) is 0.718. The van der Waals surface area contributed by atoms with Gasteiger partial charge in [0.2, 0.25) is 10.0 Å². The summed E-state index contributed by atoms with van der Waals surface area (Å²) in [4.78, 5) is 0.252. The van der Waals surface area contributed by atoms with E-state index < -0.39 is 10.0 Å². The lowest BCUT2D eigenvalue weighted by atomic mass is 9.99. The van der Waals surface area contributed by atoms with E-state index in [2.05, 4.69) is 10.0 Å². The predicted molar refractivity (Wildman–Crippen MR) is 83.3 cm³/mol. The molecule has 20 heavy (non-hydrogen) atoms. The summed E-state index contributed by atoms with van der Waals surface area (Å²) in [5, 5.41) is 3.26. The third kappa shape index (κ3) is 4.19. The average molecular weight is 299 g/mol. The van der Waals surface area contributed by atoms with Crippen LogP contribution in [-0.2, 0) is 10.0 Å². The van der Waals surface area contributed by atoms with E-state index in [0.29, 0.717) is 12.2 Å². The van der Waals surface area contributed by atoms with Gasteiger partial charge in [0.25, 0.3) is 0 Å². The zero-order chi connectivity index (χ0) is 15.4. The second-order valence-corrected chi connectivity index (χ2v) is 7.20. The van der Waals surface area contributed by atoms with Crippen molar-refractivity contribution >= 4 is 15.7 Å². The Morgan fingerprint density at radius 1 is 1.30 bits per heavy atom. The van der Waals surface area contributed by atoms with Gasteiger partial charge in [-0.15, -0.1) is 0 Å². The minimum absolute atomic E-state index is 0.153. The SMILES string of the molecule is CCC(C)(CN)Nc1ccccc1S(=O)(=O)NC(C)C. The summed E-state index contributed by atoms with van der Waals surface area (Å²) in [7, 11) is -3.53. The van der Waals surface area contributed by atoms with Crippen LogP contribution >= 0.6 is 0 Å². The lowest BCUT2D eigenvalue weighted by Crippen LogP contribution is -2.42. The van der Waals surface area contributed by atoms with Crippen molar-refractivity contribution in [1.82, 2.24) is 4.72 Å².